The molecule has 1 aliphatic carbocycles. The fourth-order valence-corrected chi connectivity index (χ4v) is 4.05. The number of halogens is 2. The van der Waals surface area contributed by atoms with Crippen molar-refractivity contribution in [1.82, 2.24) is 10.6 Å². The highest BCUT2D eigenvalue weighted by Gasteiger charge is 2.48. The van der Waals surface area contributed by atoms with Crippen LogP contribution in [0.4, 0.5) is 8.78 Å². The summed E-state index contributed by atoms with van der Waals surface area (Å²) in [6, 6.07) is 8.18. The van der Waals surface area contributed by atoms with Crippen LogP contribution in [-0.4, -0.2) is 47.0 Å². The molecule has 1 amide bonds. The largest absolute Gasteiger partial charge is 0.493 e. The fraction of sp³-hybridized carbons (Fsp3) is 0.458. The van der Waals surface area contributed by atoms with Crippen LogP contribution in [0.25, 0.3) is 0 Å². The highest BCUT2D eigenvalue weighted by atomic mass is 19.1. The van der Waals surface area contributed by atoms with E-state index in [1.807, 2.05) is 25.1 Å². The van der Waals surface area contributed by atoms with Gasteiger partial charge in [0.2, 0.25) is 0 Å². The lowest BCUT2D eigenvalue weighted by molar-refractivity contribution is -0.133. The first-order valence-electron chi connectivity index (χ1n) is 10.9. The van der Waals surface area contributed by atoms with Crippen LogP contribution in [0.1, 0.15) is 42.0 Å². The molecule has 0 radical (unpaired) electrons. The van der Waals surface area contributed by atoms with Crippen LogP contribution in [0, 0.1) is 18.6 Å². The molecule has 6 nitrogen and oxygen atoms in total. The molecule has 1 aliphatic heterocycles. The number of benzene rings is 2. The van der Waals surface area contributed by atoms with Gasteiger partial charge in [0.25, 0.3) is 5.91 Å². The summed E-state index contributed by atoms with van der Waals surface area (Å²) in [6.07, 6.45) is 0.390. The minimum atomic E-state index is -1.42. The Kier molecular flexibility index (Phi) is 6.46. The summed E-state index contributed by atoms with van der Waals surface area (Å²) in [5.74, 6) is -1.24. The monoisotopic (exact) mass is 446 g/mol. The third-order valence-corrected chi connectivity index (χ3v) is 6.08. The fourth-order valence-electron chi connectivity index (χ4n) is 4.05. The molecule has 0 spiro atoms. The Morgan fingerprint density at radius 2 is 1.94 bits per heavy atom. The van der Waals surface area contributed by atoms with E-state index in [1.165, 1.54) is 12.1 Å². The Balaban J connectivity index is 1.47. The molecule has 0 bridgehead atoms. The lowest BCUT2D eigenvalue weighted by Gasteiger charge is -2.30. The number of aryl methyl sites for hydroxylation is 1. The summed E-state index contributed by atoms with van der Waals surface area (Å²) in [7, 11) is 0. The van der Waals surface area contributed by atoms with Crippen LogP contribution < -0.4 is 15.4 Å². The molecule has 4 rings (SSSR count). The maximum atomic E-state index is 13.7. The van der Waals surface area contributed by atoms with Crippen molar-refractivity contribution < 1.29 is 28.5 Å². The van der Waals surface area contributed by atoms with Crippen LogP contribution >= 0.6 is 0 Å². The smallest absolute Gasteiger partial charge is 0.252 e. The van der Waals surface area contributed by atoms with Crippen LogP contribution in [0.2, 0.25) is 0 Å². The van der Waals surface area contributed by atoms with Crippen molar-refractivity contribution >= 4 is 5.91 Å². The predicted octanol–water partition coefficient (Wildman–Crippen LogP) is 2.30. The van der Waals surface area contributed by atoms with Gasteiger partial charge in [0, 0.05) is 30.6 Å². The van der Waals surface area contributed by atoms with Gasteiger partial charge in [-0.15, -0.1) is 0 Å². The Bertz CT molecular complexity index is 976. The molecule has 4 N–H and O–H groups in total. The maximum absolute atomic E-state index is 13.7. The minimum absolute atomic E-state index is 0.0167. The minimum Gasteiger partial charge on any atom is -0.493 e. The van der Waals surface area contributed by atoms with Gasteiger partial charge in [0.15, 0.2) is 0 Å². The Labute approximate surface area is 185 Å². The maximum Gasteiger partial charge on any atom is 0.252 e. The van der Waals surface area contributed by atoms with Gasteiger partial charge in [-0.2, -0.15) is 0 Å². The van der Waals surface area contributed by atoms with Gasteiger partial charge in [-0.05, 0) is 49.9 Å². The molecule has 2 aliphatic rings. The first-order valence-corrected chi connectivity index (χ1v) is 10.9. The lowest BCUT2D eigenvalue weighted by atomic mass is 9.97. The van der Waals surface area contributed by atoms with Gasteiger partial charge in [-0.1, -0.05) is 17.7 Å². The first-order chi connectivity index (χ1) is 15.2. The van der Waals surface area contributed by atoms with Gasteiger partial charge in [0.05, 0.1) is 18.8 Å². The molecular formula is C24H28F2N2O4. The quantitative estimate of drug-likeness (QED) is 0.500. The molecule has 1 unspecified atom stereocenters. The van der Waals surface area contributed by atoms with Crippen molar-refractivity contribution in [3.8, 4) is 5.75 Å². The van der Waals surface area contributed by atoms with E-state index in [1.54, 1.807) is 0 Å². The van der Waals surface area contributed by atoms with Gasteiger partial charge >= 0.3 is 0 Å². The summed E-state index contributed by atoms with van der Waals surface area (Å²) in [6.45, 7) is 2.67. The second-order valence-electron chi connectivity index (χ2n) is 8.80. The summed E-state index contributed by atoms with van der Waals surface area (Å²) in [4.78, 5) is 12.4. The van der Waals surface area contributed by atoms with Crippen LogP contribution in [0.5, 0.6) is 5.75 Å². The average molecular weight is 446 g/mol. The molecule has 0 aromatic heterocycles. The zero-order valence-electron chi connectivity index (χ0n) is 17.9. The molecule has 8 heteroatoms. The zero-order valence-corrected chi connectivity index (χ0v) is 17.9. The Hall–Kier alpha value is -2.55. The molecule has 1 saturated carbocycles. The third-order valence-electron chi connectivity index (χ3n) is 6.08. The van der Waals surface area contributed by atoms with Crippen LogP contribution in [-0.2, 0) is 11.2 Å². The van der Waals surface area contributed by atoms with Crippen LogP contribution in [0.15, 0.2) is 36.4 Å². The van der Waals surface area contributed by atoms with Gasteiger partial charge < -0.3 is 25.6 Å². The van der Waals surface area contributed by atoms with Gasteiger partial charge in [-0.25, -0.2) is 8.78 Å². The van der Waals surface area contributed by atoms with E-state index < -0.39 is 35.3 Å². The number of nitrogens with one attached hydrogen (secondary N) is 2. The number of fused-ring (bicyclic) bond motifs is 1. The van der Waals surface area contributed by atoms with Crippen molar-refractivity contribution in [2.24, 2.45) is 0 Å². The number of ether oxygens (including phenoxy) is 1. The Morgan fingerprint density at radius 1 is 1.22 bits per heavy atom. The molecule has 172 valence electrons. The second kappa shape index (κ2) is 9.13. The number of rotatable bonds is 8. The number of aliphatic hydroxyl groups excluding tert-OH is 1. The normalized spacial score (nSPS) is 20.6. The SMILES string of the molecule is Cc1ccc2c(c1)C(NC[C@@H](O)[C@H](Cc1cc(F)cc(F)c1)NC(=O)C1(O)CC1)CCO2. The van der Waals surface area contributed by atoms with E-state index in [2.05, 4.69) is 10.6 Å². The van der Waals surface area contributed by atoms with Crippen molar-refractivity contribution in [3.63, 3.8) is 0 Å². The Morgan fingerprint density at radius 3 is 2.62 bits per heavy atom. The van der Waals surface area contributed by atoms with Gasteiger partial charge in [-0.3, -0.25) is 4.79 Å². The lowest BCUT2D eigenvalue weighted by Crippen LogP contribution is -2.52. The number of aliphatic hydroxyl groups is 2. The molecule has 32 heavy (non-hydrogen) atoms. The van der Waals surface area contributed by atoms with Crippen molar-refractivity contribution in [2.45, 2.75) is 56.4 Å². The van der Waals surface area contributed by atoms with E-state index in [4.69, 9.17) is 4.74 Å². The number of hydrogen-bond donors (Lipinski definition) is 4. The molecule has 0 saturated heterocycles. The number of carbonyl (C=O) groups is 1. The van der Waals surface area contributed by atoms with Crippen molar-refractivity contribution in [1.29, 1.82) is 0 Å². The number of carbonyl (C=O) groups excluding carboxylic acids is 1. The molecule has 3 atom stereocenters. The van der Waals surface area contributed by atoms with Crippen LogP contribution in [0.3, 0.4) is 0 Å². The van der Waals surface area contributed by atoms with Gasteiger partial charge in [0.1, 0.15) is 23.0 Å². The zero-order chi connectivity index (χ0) is 22.9. The summed E-state index contributed by atoms with van der Waals surface area (Å²) in [5, 5.41) is 27.0. The summed E-state index contributed by atoms with van der Waals surface area (Å²) >= 11 is 0. The molecule has 1 fully saturated rings. The second-order valence-corrected chi connectivity index (χ2v) is 8.80. The van der Waals surface area contributed by atoms with E-state index in [-0.39, 0.29) is 19.0 Å². The molecule has 1 heterocycles. The predicted molar refractivity (Wildman–Crippen MR) is 114 cm³/mol. The first kappa shape index (κ1) is 22.6. The highest BCUT2D eigenvalue weighted by Crippen LogP contribution is 2.35. The highest BCUT2D eigenvalue weighted by molar-refractivity contribution is 5.88. The standard InChI is InChI=1S/C24H28F2N2O4/c1-14-2-3-22-18(8-14)19(4-7-32-22)27-13-21(29)20(28-23(30)24(31)5-6-24)11-15-9-16(25)12-17(26)10-15/h2-3,8-10,12,19-21,27,29,31H,4-7,11,13H2,1H3,(H,28,30)/t19?,20-,21+/m0/s1. The summed E-state index contributed by atoms with van der Waals surface area (Å²) < 4.78 is 33.0. The topological polar surface area (TPSA) is 90.8 Å². The third kappa shape index (κ3) is 5.26. The number of hydrogen-bond acceptors (Lipinski definition) is 5. The number of amides is 1. The van der Waals surface area contributed by atoms with Crippen molar-refractivity contribution in [2.75, 3.05) is 13.2 Å². The molecule has 2 aromatic rings. The van der Waals surface area contributed by atoms with E-state index in [9.17, 15) is 23.8 Å². The summed E-state index contributed by atoms with van der Waals surface area (Å²) in [5.41, 5.74) is 0.984. The van der Waals surface area contributed by atoms with E-state index in [0.29, 0.717) is 25.0 Å². The van der Waals surface area contributed by atoms with Crippen molar-refractivity contribution in [3.05, 3.63) is 64.7 Å². The molecular weight excluding hydrogens is 418 g/mol. The average Bonchev–Trinajstić information content (AvgIpc) is 3.49. The van der Waals surface area contributed by atoms with E-state index in [0.717, 1.165) is 29.4 Å². The van der Waals surface area contributed by atoms with E-state index >= 15 is 0 Å². The molecule has 2 aromatic carbocycles.